The maximum Gasteiger partial charge on any atom is 0.317 e. The second-order valence-corrected chi connectivity index (χ2v) is 5.98. The molecule has 19 heavy (non-hydrogen) atoms. The highest BCUT2D eigenvalue weighted by Crippen LogP contribution is 2.17. The lowest BCUT2D eigenvalue weighted by molar-refractivity contribution is 0.160. The SMILES string of the molecule is C=CCN1CCC(NC(=O)N2CCC(C)CC2)CC1. The molecule has 2 amide bonds. The van der Waals surface area contributed by atoms with E-state index in [0.29, 0.717) is 6.04 Å². The molecular formula is C15H27N3O. The van der Waals surface area contributed by atoms with Gasteiger partial charge >= 0.3 is 6.03 Å². The molecule has 0 radical (unpaired) electrons. The second-order valence-electron chi connectivity index (χ2n) is 5.98. The molecule has 1 N–H and O–H groups in total. The molecule has 2 aliphatic rings. The molecule has 0 saturated carbocycles. The number of nitrogens with one attached hydrogen (secondary N) is 1. The third-order valence-corrected chi connectivity index (χ3v) is 4.37. The minimum Gasteiger partial charge on any atom is -0.335 e. The number of hydrogen-bond acceptors (Lipinski definition) is 2. The summed E-state index contributed by atoms with van der Waals surface area (Å²) in [4.78, 5) is 16.5. The minimum atomic E-state index is 0.147. The van der Waals surface area contributed by atoms with Gasteiger partial charge in [0.1, 0.15) is 0 Å². The molecule has 0 aromatic heterocycles. The van der Waals surface area contributed by atoms with Crippen LogP contribution in [-0.2, 0) is 0 Å². The highest BCUT2D eigenvalue weighted by Gasteiger charge is 2.24. The van der Waals surface area contributed by atoms with Crippen LogP contribution >= 0.6 is 0 Å². The van der Waals surface area contributed by atoms with Crippen molar-refractivity contribution in [3.05, 3.63) is 12.7 Å². The first-order chi connectivity index (χ1) is 9.19. The van der Waals surface area contributed by atoms with E-state index >= 15 is 0 Å². The maximum absolute atomic E-state index is 12.2. The molecule has 2 aliphatic heterocycles. The van der Waals surface area contributed by atoms with Gasteiger partial charge in [0, 0.05) is 38.8 Å². The Hall–Kier alpha value is -1.03. The first kappa shape index (κ1) is 14.4. The van der Waals surface area contributed by atoms with Gasteiger partial charge in [-0.1, -0.05) is 13.0 Å². The molecule has 0 aliphatic carbocycles. The summed E-state index contributed by atoms with van der Waals surface area (Å²) >= 11 is 0. The molecule has 0 bridgehead atoms. The van der Waals surface area contributed by atoms with Gasteiger partial charge in [-0.25, -0.2) is 4.79 Å². The Morgan fingerprint density at radius 1 is 1.21 bits per heavy atom. The van der Waals surface area contributed by atoms with Crippen LogP contribution in [0.25, 0.3) is 0 Å². The topological polar surface area (TPSA) is 35.6 Å². The second kappa shape index (κ2) is 6.94. The van der Waals surface area contributed by atoms with E-state index in [1.165, 1.54) is 0 Å². The molecule has 0 unspecified atom stereocenters. The summed E-state index contributed by atoms with van der Waals surface area (Å²) < 4.78 is 0. The standard InChI is InChI=1S/C15H27N3O/c1-3-8-17-9-6-14(7-10-17)16-15(19)18-11-4-13(2)5-12-18/h3,13-14H,1,4-12H2,2H3,(H,16,19). The van der Waals surface area contributed by atoms with Crippen molar-refractivity contribution in [2.75, 3.05) is 32.7 Å². The van der Waals surface area contributed by atoms with Gasteiger partial charge in [0.15, 0.2) is 0 Å². The smallest absolute Gasteiger partial charge is 0.317 e. The lowest BCUT2D eigenvalue weighted by atomic mass is 9.99. The van der Waals surface area contributed by atoms with Gasteiger partial charge in [-0.15, -0.1) is 6.58 Å². The summed E-state index contributed by atoms with van der Waals surface area (Å²) in [7, 11) is 0. The molecule has 0 aromatic carbocycles. The average Bonchev–Trinajstić information content (AvgIpc) is 2.42. The quantitative estimate of drug-likeness (QED) is 0.793. The molecular weight excluding hydrogens is 238 g/mol. The zero-order chi connectivity index (χ0) is 13.7. The number of likely N-dealkylation sites (tertiary alicyclic amines) is 2. The molecule has 0 aromatic rings. The Labute approximate surface area is 116 Å². The third kappa shape index (κ3) is 4.23. The summed E-state index contributed by atoms with van der Waals surface area (Å²) in [5.41, 5.74) is 0. The van der Waals surface area contributed by atoms with E-state index in [4.69, 9.17) is 0 Å². The van der Waals surface area contributed by atoms with Crippen LogP contribution in [0.2, 0.25) is 0 Å². The van der Waals surface area contributed by atoms with E-state index in [1.54, 1.807) is 0 Å². The number of urea groups is 1. The van der Waals surface area contributed by atoms with E-state index in [-0.39, 0.29) is 6.03 Å². The number of nitrogens with zero attached hydrogens (tertiary/aromatic N) is 2. The molecule has 4 nitrogen and oxygen atoms in total. The Morgan fingerprint density at radius 2 is 1.84 bits per heavy atom. The number of amides is 2. The van der Waals surface area contributed by atoms with E-state index in [0.717, 1.165) is 64.3 Å². The Kier molecular flexibility index (Phi) is 5.25. The number of carbonyl (C=O) groups excluding carboxylic acids is 1. The Bertz CT molecular complexity index is 303. The van der Waals surface area contributed by atoms with Crippen molar-refractivity contribution in [1.29, 1.82) is 0 Å². The average molecular weight is 265 g/mol. The summed E-state index contributed by atoms with van der Waals surface area (Å²) in [6.07, 6.45) is 6.36. The highest BCUT2D eigenvalue weighted by molar-refractivity contribution is 5.74. The van der Waals surface area contributed by atoms with Crippen molar-refractivity contribution < 1.29 is 4.79 Å². The molecule has 2 saturated heterocycles. The zero-order valence-electron chi connectivity index (χ0n) is 12.1. The van der Waals surface area contributed by atoms with Crippen LogP contribution in [-0.4, -0.2) is 54.6 Å². The fourth-order valence-corrected chi connectivity index (χ4v) is 2.92. The monoisotopic (exact) mass is 265 g/mol. The van der Waals surface area contributed by atoms with Gasteiger partial charge in [0.2, 0.25) is 0 Å². The number of piperidine rings is 2. The summed E-state index contributed by atoms with van der Waals surface area (Å²) in [6, 6.07) is 0.502. The van der Waals surface area contributed by atoms with Gasteiger partial charge in [-0.05, 0) is 31.6 Å². The lowest BCUT2D eigenvalue weighted by Gasteiger charge is -2.35. The summed E-state index contributed by atoms with van der Waals surface area (Å²) in [5, 5.41) is 3.20. The molecule has 0 atom stereocenters. The first-order valence-electron chi connectivity index (χ1n) is 7.57. The van der Waals surface area contributed by atoms with E-state index in [1.807, 2.05) is 11.0 Å². The third-order valence-electron chi connectivity index (χ3n) is 4.37. The minimum absolute atomic E-state index is 0.147. The molecule has 4 heteroatoms. The molecule has 2 rings (SSSR count). The van der Waals surface area contributed by atoms with Crippen LogP contribution in [0.5, 0.6) is 0 Å². The number of carbonyl (C=O) groups is 1. The van der Waals surface area contributed by atoms with Crippen LogP contribution < -0.4 is 5.32 Å². The van der Waals surface area contributed by atoms with Crippen molar-refractivity contribution in [1.82, 2.24) is 15.1 Å². The van der Waals surface area contributed by atoms with Crippen LogP contribution in [0.4, 0.5) is 4.79 Å². The van der Waals surface area contributed by atoms with Crippen LogP contribution in [0.1, 0.15) is 32.6 Å². The van der Waals surface area contributed by atoms with Crippen molar-refractivity contribution in [3.63, 3.8) is 0 Å². The molecule has 2 fully saturated rings. The Morgan fingerprint density at radius 3 is 2.42 bits per heavy atom. The van der Waals surface area contributed by atoms with Crippen molar-refractivity contribution in [2.24, 2.45) is 5.92 Å². The highest BCUT2D eigenvalue weighted by atomic mass is 16.2. The lowest BCUT2D eigenvalue weighted by Crippen LogP contribution is -2.50. The van der Waals surface area contributed by atoms with Crippen LogP contribution in [0, 0.1) is 5.92 Å². The van der Waals surface area contributed by atoms with Crippen molar-refractivity contribution >= 4 is 6.03 Å². The van der Waals surface area contributed by atoms with E-state index in [2.05, 4.69) is 23.7 Å². The maximum atomic E-state index is 12.2. The van der Waals surface area contributed by atoms with E-state index < -0.39 is 0 Å². The first-order valence-corrected chi connectivity index (χ1v) is 7.57. The van der Waals surface area contributed by atoms with Gasteiger partial charge in [-0.3, -0.25) is 4.90 Å². The van der Waals surface area contributed by atoms with Gasteiger partial charge in [0.25, 0.3) is 0 Å². The summed E-state index contributed by atoms with van der Waals surface area (Å²) in [6.45, 7) is 11.0. The zero-order valence-corrected chi connectivity index (χ0v) is 12.1. The normalized spacial score (nSPS) is 23.3. The van der Waals surface area contributed by atoms with E-state index in [9.17, 15) is 4.79 Å². The largest absolute Gasteiger partial charge is 0.335 e. The van der Waals surface area contributed by atoms with Crippen LogP contribution in [0.15, 0.2) is 12.7 Å². The molecule has 108 valence electrons. The molecule has 2 heterocycles. The fraction of sp³-hybridized carbons (Fsp3) is 0.800. The van der Waals surface area contributed by atoms with Crippen LogP contribution in [0.3, 0.4) is 0 Å². The number of rotatable bonds is 3. The van der Waals surface area contributed by atoms with Gasteiger partial charge in [-0.2, -0.15) is 0 Å². The summed E-state index contributed by atoms with van der Waals surface area (Å²) in [5.74, 6) is 0.770. The fourth-order valence-electron chi connectivity index (χ4n) is 2.92. The predicted molar refractivity (Wildman–Crippen MR) is 78.2 cm³/mol. The van der Waals surface area contributed by atoms with Crippen molar-refractivity contribution in [3.8, 4) is 0 Å². The van der Waals surface area contributed by atoms with Crippen molar-refractivity contribution in [2.45, 2.75) is 38.6 Å². The van der Waals surface area contributed by atoms with Gasteiger partial charge in [0.05, 0.1) is 0 Å². The van der Waals surface area contributed by atoms with Gasteiger partial charge < -0.3 is 10.2 Å². The molecule has 0 spiro atoms. The predicted octanol–water partition coefficient (Wildman–Crippen LogP) is 2.08. The number of hydrogen-bond donors (Lipinski definition) is 1. The Balaban J connectivity index is 1.70.